The lowest BCUT2D eigenvalue weighted by atomic mass is 10.0. The number of fused-ring (bicyclic) bond motifs is 1. The molecule has 7 nitrogen and oxygen atoms in total. The van der Waals surface area contributed by atoms with Crippen molar-refractivity contribution < 1.29 is 9.53 Å². The minimum absolute atomic E-state index is 0.0479. The van der Waals surface area contributed by atoms with Gasteiger partial charge in [0.15, 0.2) is 5.65 Å². The molecule has 0 unspecified atom stereocenters. The van der Waals surface area contributed by atoms with Gasteiger partial charge in [0.2, 0.25) is 5.91 Å². The molecule has 1 saturated heterocycles. The molecule has 3 heterocycles. The fourth-order valence-corrected chi connectivity index (χ4v) is 3.96. The molecule has 1 atom stereocenters. The lowest BCUT2D eigenvalue weighted by Gasteiger charge is -2.15. The first-order chi connectivity index (χ1) is 13.5. The molecule has 1 aliphatic heterocycles. The van der Waals surface area contributed by atoms with E-state index in [-0.39, 0.29) is 17.4 Å². The van der Waals surface area contributed by atoms with Gasteiger partial charge in [0, 0.05) is 55.3 Å². The summed E-state index contributed by atoms with van der Waals surface area (Å²) in [4.78, 5) is 31.1. The second-order valence-corrected chi connectivity index (χ2v) is 7.58. The van der Waals surface area contributed by atoms with Crippen LogP contribution in [0.1, 0.15) is 18.0 Å². The topological polar surface area (TPSA) is 79.7 Å². The van der Waals surface area contributed by atoms with Gasteiger partial charge in [0.1, 0.15) is 0 Å². The van der Waals surface area contributed by atoms with Crippen LogP contribution in [0.3, 0.4) is 0 Å². The van der Waals surface area contributed by atoms with E-state index in [1.165, 1.54) is 10.6 Å². The van der Waals surface area contributed by atoms with Crippen LogP contribution in [0, 0.1) is 0 Å². The highest BCUT2D eigenvalue weighted by Gasteiger charge is 2.31. The molecule has 1 aliphatic rings. The molecular weight excluding hydrogens is 403 g/mol. The Bertz CT molecular complexity index is 1110. The molecule has 2 aromatic heterocycles. The van der Waals surface area contributed by atoms with Crippen molar-refractivity contribution in [3.05, 3.63) is 56.4 Å². The molecule has 1 amide bonds. The quantitative estimate of drug-likeness (QED) is 0.687. The van der Waals surface area contributed by atoms with Crippen molar-refractivity contribution in [2.24, 2.45) is 0 Å². The van der Waals surface area contributed by atoms with E-state index in [1.54, 1.807) is 36.3 Å². The van der Waals surface area contributed by atoms with E-state index in [0.29, 0.717) is 53.2 Å². The van der Waals surface area contributed by atoms with Crippen molar-refractivity contribution in [3.8, 4) is 11.3 Å². The molecule has 1 N–H and O–H groups in total. The number of ether oxygens (including phenoxy) is 1. The number of methoxy groups -OCH3 is 1. The summed E-state index contributed by atoms with van der Waals surface area (Å²) < 4.78 is 6.41. The van der Waals surface area contributed by atoms with Crippen molar-refractivity contribution in [2.45, 2.75) is 12.3 Å². The van der Waals surface area contributed by atoms with Gasteiger partial charge in [-0.25, -0.2) is 9.50 Å². The number of aromatic amines is 1. The number of carbonyl (C=O) groups excluding carboxylic acids is 1. The van der Waals surface area contributed by atoms with E-state index in [2.05, 4.69) is 10.1 Å². The summed E-state index contributed by atoms with van der Waals surface area (Å²) in [5.41, 5.74) is 2.24. The van der Waals surface area contributed by atoms with E-state index in [1.807, 2.05) is 0 Å². The Kier molecular flexibility index (Phi) is 5.14. The molecule has 0 radical (unpaired) electrons. The van der Waals surface area contributed by atoms with Gasteiger partial charge in [-0.05, 0) is 18.2 Å². The van der Waals surface area contributed by atoms with E-state index >= 15 is 0 Å². The zero-order valence-corrected chi connectivity index (χ0v) is 16.6. The van der Waals surface area contributed by atoms with Crippen LogP contribution in [0.2, 0.25) is 10.0 Å². The van der Waals surface area contributed by atoms with Crippen molar-refractivity contribution in [2.75, 3.05) is 26.8 Å². The van der Waals surface area contributed by atoms with Gasteiger partial charge in [-0.15, -0.1) is 0 Å². The third-order valence-corrected chi connectivity index (χ3v) is 5.44. The third-order valence-electron chi connectivity index (χ3n) is 4.89. The second kappa shape index (κ2) is 7.58. The first-order valence-corrected chi connectivity index (χ1v) is 9.56. The van der Waals surface area contributed by atoms with Crippen LogP contribution in [0.25, 0.3) is 16.9 Å². The first kappa shape index (κ1) is 19.0. The number of amides is 1. The van der Waals surface area contributed by atoms with Gasteiger partial charge in [0.25, 0.3) is 5.56 Å². The molecule has 1 aromatic carbocycles. The van der Waals surface area contributed by atoms with Gasteiger partial charge in [-0.2, -0.15) is 0 Å². The van der Waals surface area contributed by atoms with Gasteiger partial charge in [-0.1, -0.05) is 23.2 Å². The Morgan fingerprint density at radius 1 is 1.25 bits per heavy atom. The number of carbonyl (C=O) groups is 1. The van der Waals surface area contributed by atoms with Crippen molar-refractivity contribution >= 4 is 34.8 Å². The number of H-pyrrole nitrogens is 1. The maximum atomic E-state index is 12.6. The minimum atomic E-state index is -0.237. The number of rotatable bonds is 5. The van der Waals surface area contributed by atoms with E-state index in [0.717, 1.165) is 5.56 Å². The largest absolute Gasteiger partial charge is 0.383 e. The van der Waals surface area contributed by atoms with Crippen LogP contribution in [0.15, 0.2) is 35.1 Å². The van der Waals surface area contributed by atoms with E-state index in [4.69, 9.17) is 27.9 Å². The van der Waals surface area contributed by atoms with Gasteiger partial charge < -0.3 is 9.64 Å². The van der Waals surface area contributed by atoms with Gasteiger partial charge in [-0.3, -0.25) is 14.7 Å². The minimum Gasteiger partial charge on any atom is -0.383 e. The lowest BCUT2D eigenvalue weighted by molar-refractivity contribution is -0.128. The molecule has 4 rings (SSSR count). The number of likely N-dealkylation sites (tertiary alicyclic amines) is 1. The highest BCUT2D eigenvalue weighted by atomic mass is 35.5. The molecular formula is C19H18Cl2N4O3. The Hall–Kier alpha value is -2.35. The average molecular weight is 421 g/mol. The normalized spacial score (nSPS) is 17.0. The zero-order chi connectivity index (χ0) is 19.8. The van der Waals surface area contributed by atoms with Crippen LogP contribution in [0.5, 0.6) is 0 Å². The molecule has 1 fully saturated rings. The number of hydrogen-bond acceptors (Lipinski definition) is 4. The number of benzene rings is 1. The molecule has 9 heteroatoms. The van der Waals surface area contributed by atoms with Crippen LogP contribution < -0.4 is 5.56 Å². The highest BCUT2D eigenvalue weighted by Crippen LogP contribution is 2.30. The zero-order valence-electron chi connectivity index (χ0n) is 15.1. The van der Waals surface area contributed by atoms with Crippen LogP contribution in [-0.2, 0) is 9.53 Å². The Balaban J connectivity index is 1.67. The maximum Gasteiger partial charge on any atom is 0.272 e. The predicted molar refractivity (Wildman–Crippen MR) is 107 cm³/mol. The number of hydrogen-bond donors (Lipinski definition) is 1. The molecule has 146 valence electrons. The molecule has 0 saturated carbocycles. The summed E-state index contributed by atoms with van der Waals surface area (Å²) in [6.07, 6.45) is 0.340. The number of nitrogens with zero attached hydrogens (tertiary/aromatic N) is 3. The summed E-state index contributed by atoms with van der Waals surface area (Å²) in [7, 11) is 1.60. The van der Waals surface area contributed by atoms with Crippen molar-refractivity contribution in [1.29, 1.82) is 0 Å². The Morgan fingerprint density at radius 2 is 2.07 bits per heavy atom. The van der Waals surface area contributed by atoms with E-state index in [9.17, 15) is 9.59 Å². The van der Waals surface area contributed by atoms with Crippen LogP contribution >= 0.6 is 23.2 Å². The monoisotopic (exact) mass is 420 g/mol. The smallest absolute Gasteiger partial charge is 0.272 e. The molecule has 0 bridgehead atoms. The Labute approximate surface area is 170 Å². The molecule has 3 aromatic rings. The number of halogens is 2. The molecule has 0 aliphatic carbocycles. The van der Waals surface area contributed by atoms with Gasteiger partial charge in [0.05, 0.1) is 23.0 Å². The summed E-state index contributed by atoms with van der Waals surface area (Å²) in [5.74, 6) is -0.0636. The summed E-state index contributed by atoms with van der Waals surface area (Å²) in [6, 6.07) is 8.40. The van der Waals surface area contributed by atoms with Crippen molar-refractivity contribution in [3.63, 3.8) is 0 Å². The third kappa shape index (κ3) is 3.53. The fraction of sp³-hybridized carbons (Fsp3) is 0.316. The average Bonchev–Trinajstić information content (AvgIpc) is 3.24. The maximum absolute atomic E-state index is 12.6. The Morgan fingerprint density at radius 3 is 2.82 bits per heavy atom. The molecule has 0 spiro atoms. The standard InChI is InChI=1S/C19H18Cl2N4O3/c1-28-5-4-24-10-11(6-18(24)26)15-9-19(27)25-17(22-15)8-16(23-25)13-3-2-12(20)7-14(13)21/h2-3,7-9,11,23H,4-6,10H2,1H3/t11-/m1/s1. The number of nitrogens with one attached hydrogen (secondary N) is 1. The second-order valence-electron chi connectivity index (χ2n) is 6.74. The summed E-state index contributed by atoms with van der Waals surface area (Å²) in [6.45, 7) is 1.55. The summed E-state index contributed by atoms with van der Waals surface area (Å²) >= 11 is 12.2. The predicted octanol–water partition coefficient (Wildman–Crippen LogP) is 2.96. The fourth-order valence-electron chi connectivity index (χ4n) is 3.45. The van der Waals surface area contributed by atoms with Crippen LogP contribution in [0.4, 0.5) is 0 Å². The highest BCUT2D eigenvalue weighted by molar-refractivity contribution is 6.36. The number of aromatic nitrogens is 3. The summed E-state index contributed by atoms with van der Waals surface area (Å²) in [5, 5.41) is 4.03. The first-order valence-electron chi connectivity index (χ1n) is 8.81. The van der Waals surface area contributed by atoms with Crippen molar-refractivity contribution in [1.82, 2.24) is 19.5 Å². The van der Waals surface area contributed by atoms with Crippen LogP contribution in [-0.4, -0.2) is 52.2 Å². The lowest BCUT2D eigenvalue weighted by Crippen LogP contribution is -2.28. The van der Waals surface area contributed by atoms with Gasteiger partial charge >= 0.3 is 0 Å². The SMILES string of the molecule is COCCN1C[C@H](c2cc(=O)n3[nH]c(-c4ccc(Cl)cc4Cl)cc3n2)CC1=O. The van der Waals surface area contributed by atoms with E-state index < -0.39 is 0 Å². The molecule has 28 heavy (non-hydrogen) atoms.